The van der Waals surface area contributed by atoms with E-state index in [2.05, 4.69) is 53.7 Å². The summed E-state index contributed by atoms with van der Waals surface area (Å²) in [5.74, 6) is 3.56. The smallest absolute Gasteiger partial charge is 0.306 e. The number of hydrogen-bond donors (Lipinski definition) is 0. The number of ether oxygens (including phenoxy) is 1. The monoisotopic (exact) mass is 665 g/mol. The van der Waals surface area contributed by atoms with Gasteiger partial charge in [0.25, 0.3) is 0 Å². The van der Waals surface area contributed by atoms with E-state index < -0.39 is 0 Å². The van der Waals surface area contributed by atoms with Crippen LogP contribution in [0.15, 0.2) is 23.3 Å². The Bertz CT molecular complexity index is 1070. The van der Waals surface area contributed by atoms with Gasteiger partial charge in [0.1, 0.15) is 6.10 Å². The Morgan fingerprint density at radius 2 is 1.50 bits per heavy atom. The van der Waals surface area contributed by atoms with Crippen molar-refractivity contribution in [1.29, 1.82) is 0 Å². The van der Waals surface area contributed by atoms with Crippen molar-refractivity contribution < 1.29 is 14.3 Å². The molecule has 4 aliphatic rings. The van der Waals surface area contributed by atoms with E-state index in [0.717, 1.165) is 57.3 Å². The van der Waals surface area contributed by atoms with Gasteiger partial charge in [0, 0.05) is 18.4 Å². The number of hydrogen-bond acceptors (Lipinski definition) is 3. The third kappa shape index (κ3) is 10.3. The van der Waals surface area contributed by atoms with Crippen molar-refractivity contribution >= 4 is 11.8 Å². The Morgan fingerprint density at radius 3 is 2.19 bits per heavy atom. The first-order chi connectivity index (χ1) is 23.1. The lowest BCUT2D eigenvalue weighted by atomic mass is 9.48. The van der Waals surface area contributed by atoms with Crippen LogP contribution in [0.25, 0.3) is 0 Å². The Labute approximate surface area is 297 Å². The Morgan fingerprint density at radius 1 is 0.833 bits per heavy atom. The van der Waals surface area contributed by atoms with E-state index in [4.69, 9.17) is 4.74 Å². The molecule has 4 aliphatic carbocycles. The van der Waals surface area contributed by atoms with Crippen molar-refractivity contribution in [3.05, 3.63) is 23.3 Å². The van der Waals surface area contributed by atoms with Gasteiger partial charge < -0.3 is 4.74 Å². The van der Waals surface area contributed by atoms with E-state index in [1.54, 1.807) is 5.57 Å². The van der Waals surface area contributed by atoms with Gasteiger partial charge in [0.2, 0.25) is 0 Å². The van der Waals surface area contributed by atoms with Crippen LogP contribution in [0.1, 0.15) is 202 Å². The normalized spacial score (nSPS) is 30.9. The fourth-order valence-corrected chi connectivity index (χ4v) is 10.9. The molecule has 0 heterocycles. The van der Waals surface area contributed by atoms with Crippen molar-refractivity contribution in [2.45, 2.75) is 208 Å². The summed E-state index contributed by atoms with van der Waals surface area (Å²) in [5.41, 5.74) is 3.17. The average Bonchev–Trinajstić information content (AvgIpc) is 3.33. The van der Waals surface area contributed by atoms with Crippen LogP contribution in [-0.4, -0.2) is 17.9 Å². The van der Waals surface area contributed by atoms with Gasteiger partial charge in [-0.05, 0) is 117 Å². The van der Waals surface area contributed by atoms with E-state index in [9.17, 15) is 9.59 Å². The predicted molar refractivity (Wildman–Crippen MR) is 203 cm³/mol. The molecule has 0 saturated heterocycles. The molecule has 3 heteroatoms. The third-order valence-electron chi connectivity index (χ3n) is 13.9. The van der Waals surface area contributed by atoms with Crippen LogP contribution in [0, 0.1) is 40.4 Å². The van der Waals surface area contributed by atoms with Gasteiger partial charge in [-0.1, -0.05) is 130 Å². The summed E-state index contributed by atoms with van der Waals surface area (Å²) in [5, 5.41) is 0. The maximum Gasteiger partial charge on any atom is 0.306 e. The quantitative estimate of drug-likeness (QED) is 0.0697. The number of carbonyl (C=O) groups excluding carboxylic acids is 2. The van der Waals surface area contributed by atoms with E-state index in [1.165, 1.54) is 108 Å². The maximum atomic E-state index is 13.7. The maximum absolute atomic E-state index is 13.7. The molecule has 0 amide bonds. The van der Waals surface area contributed by atoms with Crippen LogP contribution in [0.2, 0.25) is 0 Å². The van der Waals surface area contributed by atoms with Gasteiger partial charge in [0.05, 0.1) is 0 Å². The second-order valence-corrected chi connectivity index (χ2v) is 17.9. The van der Waals surface area contributed by atoms with Crippen LogP contribution in [0.3, 0.4) is 0 Å². The molecule has 0 aromatic heterocycles. The Hall–Kier alpha value is -1.38. The SMILES string of the molecule is CCCCCCCC/C=C/CCCCCCCC(=O)O[C@H]1CCC2(C)C3CCC4(C)C(=C3CC[C@H]2C1)C(=O)CC4C(C)CCCC(C)C. The molecule has 4 rings (SSSR count). The van der Waals surface area contributed by atoms with Gasteiger partial charge in [0.15, 0.2) is 5.78 Å². The second-order valence-electron chi connectivity index (χ2n) is 17.9. The van der Waals surface area contributed by atoms with Crippen LogP contribution < -0.4 is 0 Å². The molecule has 5 unspecified atom stereocenters. The summed E-state index contributed by atoms with van der Waals surface area (Å²) < 4.78 is 6.12. The van der Waals surface area contributed by atoms with Crippen molar-refractivity contribution in [2.75, 3.05) is 0 Å². The van der Waals surface area contributed by atoms with Gasteiger partial charge >= 0.3 is 5.97 Å². The van der Waals surface area contributed by atoms with Gasteiger partial charge in [-0.15, -0.1) is 0 Å². The summed E-state index contributed by atoms with van der Waals surface area (Å²) in [4.78, 5) is 26.6. The minimum absolute atomic E-state index is 0.0263. The summed E-state index contributed by atoms with van der Waals surface area (Å²) in [6.07, 6.45) is 34.4. The lowest BCUT2D eigenvalue weighted by Crippen LogP contribution is -2.49. The van der Waals surface area contributed by atoms with Crippen molar-refractivity contribution in [3.63, 3.8) is 0 Å². The number of ketones is 1. The summed E-state index contributed by atoms with van der Waals surface area (Å²) in [6.45, 7) is 14.3. The molecule has 7 atom stereocenters. The Balaban J connectivity index is 1.15. The molecule has 0 aromatic rings. The minimum atomic E-state index is 0.0263. The number of fused-ring (bicyclic) bond motifs is 4. The summed E-state index contributed by atoms with van der Waals surface area (Å²) in [6, 6.07) is 0. The van der Waals surface area contributed by atoms with Crippen molar-refractivity contribution in [1.82, 2.24) is 0 Å². The standard InChI is InChI=1S/C45H76O3/c1-7-8-9-10-11-12-13-14-15-16-17-18-19-20-21-25-42(47)48-37-28-30-44(5)36(32-37)26-27-38-39(44)29-31-45(6)40(33-41(46)43(38)45)35(4)24-22-23-34(2)3/h14-15,34-37,39-40H,7-13,16-33H2,1-6H3/b15-14+/t35?,36-,37-,39?,40?,44?,45?/m0/s1. The van der Waals surface area contributed by atoms with E-state index in [0.29, 0.717) is 35.9 Å². The van der Waals surface area contributed by atoms with E-state index in [1.807, 2.05) is 0 Å². The summed E-state index contributed by atoms with van der Waals surface area (Å²) in [7, 11) is 0. The lowest BCUT2D eigenvalue weighted by molar-refractivity contribution is -0.155. The zero-order valence-corrected chi connectivity index (χ0v) is 32.5. The number of rotatable bonds is 21. The van der Waals surface area contributed by atoms with Crippen molar-refractivity contribution in [3.8, 4) is 0 Å². The molecule has 0 aromatic carbocycles. The first kappa shape index (κ1) is 39.4. The van der Waals surface area contributed by atoms with Crippen LogP contribution in [0.5, 0.6) is 0 Å². The van der Waals surface area contributed by atoms with Gasteiger partial charge in [-0.3, -0.25) is 9.59 Å². The molecule has 48 heavy (non-hydrogen) atoms. The number of allylic oxidation sites excluding steroid dienone is 4. The molecule has 0 bridgehead atoms. The van der Waals surface area contributed by atoms with E-state index >= 15 is 0 Å². The molecular weight excluding hydrogens is 588 g/mol. The lowest BCUT2D eigenvalue weighted by Gasteiger charge is -2.56. The number of esters is 1. The van der Waals surface area contributed by atoms with Crippen molar-refractivity contribution in [2.24, 2.45) is 40.4 Å². The zero-order chi connectivity index (χ0) is 34.6. The molecule has 3 nitrogen and oxygen atoms in total. The fourth-order valence-electron chi connectivity index (χ4n) is 10.9. The summed E-state index contributed by atoms with van der Waals surface area (Å²) >= 11 is 0. The Kier molecular flexibility index (Phi) is 15.8. The highest BCUT2D eigenvalue weighted by Crippen LogP contribution is 2.65. The number of carbonyl (C=O) groups is 2. The number of Topliss-reactive ketones (excluding diaryl/α,β-unsaturated/α-hetero) is 1. The van der Waals surface area contributed by atoms with Gasteiger partial charge in [-0.25, -0.2) is 0 Å². The molecule has 3 saturated carbocycles. The van der Waals surface area contributed by atoms with Crippen LogP contribution in [-0.2, 0) is 14.3 Å². The zero-order valence-electron chi connectivity index (χ0n) is 32.5. The molecule has 0 radical (unpaired) electrons. The molecular formula is C45H76O3. The van der Waals surface area contributed by atoms with Crippen LogP contribution >= 0.6 is 0 Å². The topological polar surface area (TPSA) is 43.4 Å². The molecule has 0 spiro atoms. The highest BCUT2D eigenvalue weighted by Gasteiger charge is 2.58. The second kappa shape index (κ2) is 19.3. The fraction of sp³-hybridized carbons (Fsp3) is 0.867. The predicted octanol–water partition coefficient (Wildman–Crippen LogP) is 13.3. The van der Waals surface area contributed by atoms with E-state index in [-0.39, 0.29) is 22.9 Å². The highest BCUT2D eigenvalue weighted by atomic mass is 16.5. The first-order valence-corrected chi connectivity index (χ1v) is 21.2. The first-order valence-electron chi connectivity index (χ1n) is 21.2. The molecule has 3 fully saturated rings. The highest BCUT2D eigenvalue weighted by molar-refractivity contribution is 6.00. The van der Waals surface area contributed by atoms with Gasteiger partial charge in [-0.2, -0.15) is 0 Å². The largest absolute Gasteiger partial charge is 0.462 e. The molecule has 0 aliphatic heterocycles. The van der Waals surface area contributed by atoms with Crippen LogP contribution in [0.4, 0.5) is 0 Å². The molecule has 274 valence electrons. The average molecular weight is 665 g/mol. The molecule has 0 N–H and O–H groups in total. The third-order valence-corrected chi connectivity index (χ3v) is 13.9. The number of unbranched alkanes of at least 4 members (excludes halogenated alkanes) is 11. The minimum Gasteiger partial charge on any atom is -0.462 e.